The van der Waals surface area contributed by atoms with Gasteiger partial charge < -0.3 is 80.2 Å². The third kappa shape index (κ3) is 6.37. The van der Waals surface area contributed by atoms with E-state index in [4.69, 9.17) is 24.1 Å². The molecule has 14 atom stereocenters. The summed E-state index contributed by atoms with van der Waals surface area (Å²) in [7, 11) is 0. The molecule has 0 saturated carbocycles. The van der Waals surface area contributed by atoms with E-state index in [0.29, 0.717) is 0 Å². The Morgan fingerprint density at radius 2 is 1.15 bits per heavy atom. The summed E-state index contributed by atoms with van der Waals surface area (Å²) in [5.41, 5.74) is 0. The van der Waals surface area contributed by atoms with Gasteiger partial charge in [-0.3, -0.25) is 0 Å². The molecule has 0 amide bonds. The molecule has 0 aliphatic carbocycles. The maximum absolute atomic E-state index is 10.6. The lowest BCUT2D eigenvalue weighted by Crippen LogP contribution is -2.65. The van der Waals surface area contributed by atoms with Crippen molar-refractivity contribution >= 4 is 0 Å². The summed E-state index contributed by atoms with van der Waals surface area (Å²) < 4.78 is 21.2. The Hall–Kier alpha value is -0.640. The van der Waals surface area contributed by atoms with E-state index in [9.17, 15) is 56.2 Å². The van der Waals surface area contributed by atoms with Gasteiger partial charge in [-0.1, -0.05) is 0 Å². The average molecular weight is 506 g/mol. The molecule has 2 rings (SSSR count). The zero-order chi connectivity index (χ0) is 25.7. The first-order chi connectivity index (χ1) is 16.0. The number of rotatable bonds is 11. The Labute approximate surface area is 193 Å². The highest BCUT2D eigenvalue weighted by Crippen LogP contribution is 2.30. The van der Waals surface area contributed by atoms with Crippen LogP contribution in [0, 0.1) is 0 Å². The highest BCUT2D eigenvalue weighted by molar-refractivity contribution is 4.95. The number of aliphatic hydroxyl groups is 12. The van der Waals surface area contributed by atoms with Crippen LogP contribution in [0.3, 0.4) is 0 Å². The monoisotopic (exact) mass is 506 g/mol. The van der Waals surface area contributed by atoms with Gasteiger partial charge in [-0.25, -0.2) is 0 Å². The van der Waals surface area contributed by atoms with Crippen molar-refractivity contribution in [3.63, 3.8) is 0 Å². The molecular weight excluding hydrogens is 472 g/mol. The number of hydrogen-bond donors (Lipinski definition) is 12. The van der Waals surface area contributed by atoms with E-state index in [0.717, 1.165) is 0 Å². The normalized spacial score (nSPS) is 42.7. The zero-order valence-corrected chi connectivity index (χ0v) is 17.9. The fourth-order valence-electron chi connectivity index (χ4n) is 3.65. The highest BCUT2D eigenvalue weighted by atomic mass is 16.7. The molecule has 0 radical (unpaired) electrons. The predicted octanol–water partition coefficient (Wildman–Crippen LogP) is -7.94. The molecule has 0 aromatic carbocycles. The van der Waals surface area contributed by atoms with Crippen LogP contribution in [0.25, 0.3) is 0 Å². The second-order valence-electron chi connectivity index (χ2n) is 8.10. The smallest absolute Gasteiger partial charge is 0.187 e. The molecule has 2 aliphatic rings. The molecule has 2 saturated heterocycles. The first-order valence-electron chi connectivity index (χ1n) is 10.5. The summed E-state index contributed by atoms with van der Waals surface area (Å²) in [5, 5.41) is 118. The molecule has 2 aliphatic heterocycles. The first-order valence-corrected chi connectivity index (χ1v) is 10.5. The lowest BCUT2D eigenvalue weighted by atomic mass is 9.96. The summed E-state index contributed by atoms with van der Waals surface area (Å²) in [6.45, 7) is -3.52. The maximum Gasteiger partial charge on any atom is 0.187 e. The van der Waals surface area contributed by atoms with Gasteiger partial charge >= 0.3 is 0 Å². The van der Waals surface area contributed by atoms with Crippen LogP contribution < -0.4 is 0 Å². The Morgan fingerprint density at radius 1 is 0.618 bits per heavy atom. The lowest BCUT2D eigenvalue weighted by molar-refractivity contribution is -0.367. The largest absolute Gasteiger partial charge is 0.394 e. The third-order valence-electron chi connectivity index (χ3n) is 5.74. The molecule has 2 heterocycles. The molecular formula is C18H34O16. The molecule has 0 aromatic rings. The zero-order valence-electron chi connectivity index (χ0n) is 17.9. The quantitative estimate of drug-likeness (QED) is 0.124. The van der Waals surface area contributed by atoms with Crippen molar-refractivity contribution in [1.82, 2.24) is 0 Å². The van der Waals surface area contributed by atoms with Gasteiger partial charge in [0, 0.05) is 0 Å². The van der Waals surface area contributed by atoms with E-state index in [-0.39, 0.29) is 0 Å². The molecule has 2 fully saturated rings. The van der Waals surface area contributed by atoms with Crippen LogP contribution in [0.2, 0.25) is 0 Å². The fourth-order valence-corrected chi connectivity index (χ4v) is 3.65. The van der Waals surface area contributed by atoms with E-state index in [1.165, 1.54) is 0 Å². The SMILES string of the molecule is OC[C@@H](O)[C@@H](O[C@H]1O[C@H](CO)[C@@H](O[C@@H]2O[C@H](CO)[C@H](O)[C@H](O)[C@H]2O)[C@H](O)[C@H]1O)[C@H](O)[C@@H](O)CO. The van der Waals surface area contributed by atoms with Crippen LogP contribution in [0.1, 0.15) is 0 Å². The van der Waals surface area contributed by atoms with E-state index in [1.54, 1.807) is 0 Å². The number of aliphatic hydroxyl groups excluding tert-OH is 12. The molecule has 16 heteroatoms. The first kappa shape index (κ1) is 29.6. The summed E-state index contributed by atoms with van der Waals surface area (Å²) in [6, 6.07) is 0. The van der Waals surface area contributed by atoms with Crippen molar-refractivity contribution in [2.24, 2.45) is 0 Å². The van der Waals surface area contributed by atoms with Gasteiger partial charge in [-0.05, 0) is 0 Å². The average Bonchev–Trinajstić information content (AvgIpc) is 2.84. The van der Waals surface area contributed by atoms with E-state index in [1.807, 2.05) is 0 Å². The van der Waals surface area contributed by atoms with E-state index in [2.05, 4.69) is 0 Å². The molecule has 16 nitrogen and oxygen atoms in total. The Kier molecular flexibility index (Phi) is 11.4. The van der Waals surface area contributed by atoms with E-state index >= 15 is 0 Å². The molecule has 202 valence electrons. The summed E-state index contributed by atoms with van der Waals surface area (Å²) in [6.07, 6.45) is -24.7. The fraction of sp³-hybridized carbons (Fsp3) is 1.00. The third-order valence-corrected chi connectivity index (χ3v) is 5.74. The summed E-state index contributed by atoms with van der Waals surface area (Å²) in [5.74, 6) is 0. The maximum atomic E-state index is 10.6. The van der Waals surface area contributed by atoms with Crippen LogP contribution in [0.4, 0.5) is 0 Å². The van der Waals surface area contributed by atoms with Crippen LogP contribution in [0.5, 0.6) is 0 Å². The molecule has 0 spiro atoms. The molecule has 12 N–H and O–H groups in total. The Morgan fingerprint density at radius 3 is 1.68 bits per heavy atom. The van der Waals surface area contributed by atoms with Gasteiger partial charge in [0.2, 0.25) is 0 Å². The van der Waals surface area contributed by atoms with Crippen LogP contribution in [0.15, 0.2) is 0 Å². The molecule has 0 unspecified atom stereocenters. The number of ether oxygens (including phenoxy) is 4. The van der Waals surface area contributed by atoms with Crippen molar-refractivity contribution in [3.05, 3.63) is 0 Å². The topological polar surface area (TPSA) is 280 Å². The van der Waals surface area contributed by atoms with Gasteiger partial charge in [0.25, 0.3) is 0 Å². The summed E-state index contributed by atoms with van der Waals surface area (Å²) in [4.78, 5) is 0. The van der Waals surface area contributed by atoms with Gasteiger partial charge in [-0.15, -0.1) is 0 Å². The predicted molar refractivity (Wildman–Crippen MR) is 103 cm³/mol. The van der Waals surface area contributed by atoms with E-state index < -0.39 is 112 Å². The second-order valence-corrected chi connectivity index (χ2v) is 8.10. The van der Waals surface area contributed by atoms with Gasteiger partial charge in [0.05, 0.1) is 26.4 Å². The highest BCUT2D eigenvalue weighted by Gasteiger charge is 2.51. The van der Waals surface area contributed by atoms with Crippen LogP contribution >= 0.6 is 0 Å². The standard InChI is InChI=1S/C18H34O16/c19-1-5(23)9(25)15(6(24)2-20)33-18-14(30)12(28)16(8(4-22)32-18)34-17-13(29)11(27)10(26)7(3-21)31-17/h5-30H,1-4H2/t5-,6+,7+,8+,9+,10-,11-,12+,13+,14+,15+,16+,17-,18+/m0/s1. The second kappa shape index (κ2) is 13.1. The minimum atomic E-state index is -1.98. The van der Waals surface area contributed by atoms with Crippen molar-refractivity contribution in [2.45, 2.75) is 85.8 Å². The summed E-state index contributed by atoms with van der Waals surface area (Å²) >= 11 is 0. The lowest BCUT2D eigenvalue weighted by Gasteiger charge is -2.46. The van der Waals surface area contributed by atoms with Crippen LogP contribution in [-0.4, -0.2) is 174 Å². The Bertz CT molecular complexity index is 594. The van der Waals surface area contributed by atoms with Crippen LogP contribution in [-0.2, 0) is 18.9 Å². The molecule has 34 heavy (non-hydrogen) atoms. The van der Waals surface area contributed by atoms with Crippen molar-refractivity contribution < 1.29 is 80.2 Å². The minimum Gasteiger partial charge on any atom is -0.394 e. The Balaban J connectivity index is 2.17. The molecule has 0 aromatic heterocycles. The van der Waals surface area contributed by atoms with Crippen molar-refractivity contribution in [1.29, 1.82) is 0 Å². The minimum absolute atomic E-state index is 0.757. The van der Waals surface area contributed by atoms with Gasteiger partial charge in [0.15, 0.2) is 12.6 Å². The van der Waals surface area contributed by atoms with Gasteiger partial charge in [-0.2, -0.15) is 0 Å². The van der Waals surface area contributed by atoms with Crippen molar-refractivity contribution in [3.8, 4) is 0 Å². The number of hydrogen-bond acceptors (Lipinski definition) is 16. The van der Waals surface area contributed by atoms with Crippen molar-refractivity contribution in [2.75, 3.05) is 26.4 Å². The molecule has 0 bridgehead atoms. The van der Waals surface area contributed by atoms with Gasteiger partial charge in [0.1, 0.15) is 73.2 Å².